The average Bonchev–Trinajstić information content (AvgIpc) is 2.93. The zero-order chi connectivity index (χ0) is 29.7. The van der Waals surface area contributed by atoms with Crippen LogP contribution in [0.15, 0.2) is 40.5 Å². The Morgan fingerprint density at radius 3 is 2.02 bits per heavy atom. The van der Waals surface area contributed by atoms with Crippen LogP contribution in [0.2, 0.25) is 0 Å². The van der Waals surface area contributed by atoms with E-state index in [-0.39, 0.29) is 18.9 Å². The van der Waals surface area contributed by atoms with Crippen LogP contribution in [0.3, 0.4) is 0 Å². The van der Waals surface area contributed by atoms with Gasteiger partial charge in [-0.15, -0.1) is 0 Å². The van der Waals surface area contributed by atoms with Crippen LogP contribution in [-0.2, 0) is 19.1 Å². The van der Waals surface area contributed by atoms with E-state index in [1.807, 2.05) is 0 Å². The molecule has 0 N–H and O–H groups in total. The van der Waals surface area contributed by atoms with Crippen molar-refractivity contribution in [3.63, 3.8) is 0 Å². The fourth-order valence-corrected chi connectivity index (χ4v) is 5.60. The van der Waals surface area contributed by atoms with E-state index in [1.165, 1.54) is 12.1 Å². The molecule has 2 rings (SSSR count). The summed E-state index contributed by atoms with van der Waals surface area (Å²) >= 11 is 0. The van der Waals surface area contributed by atoms with Crippen LogP contribution in [0.25, 0.3) is 0 Å². The summed E-state index contributed by atoms with van der Waals surface area (Å²) in [4.78, 5) is 43.2. The van der Waals surface area contributed by atoms with Crippen LogP contribution in [0.5, 0.6) is 0 Å². The number of nitro groups is 1. The van der Waals surface area contributed by atoms with Gasteiger partial charge in [-0.25, -0.2) is 4.79 Å². The molecule has 1 aromatic carbocycles. The summed E-state index contributed by atoms with van der Waals surface area (Å²) in [5, 5.41) is 11.7. The molecule has 0 aliphatic carbocycles. The maximum Gasteiger partial charge on any atom is 0.336 e. The molecule has 2 atom stereocenters. The van der Waals surface area contributed by atoms with Gasteiger partial charge >= 0.3 is 11.9 Å². The molecule has 9 heteroatoms. The van der Waals surface area contributed by atoms with Crippen molar-refractivity contribution >= 4 is 23.3 Å². The minimum atomic E-state index is -0.895. The maximum atomic E-state index is 13.7. The first-order valence-electron chi connectivity index (χ1n) is 14.9. The number of unbranched alkanes of at least 4 members (excludes halogenated alkanes) is 3. The van der Waals surface area contributed by atoms with Gasteiger partial charge in [-0.2, -0.15) is 0 Å². The van der Waals surface area contributed by atoms with E-state index in [9.17, 15) is 19.7 Å². The number of aliphatic imine (C=N–C) groups is 1. The molecular formula is C31H48N3O6+. The molecular weight excluding hydrogens is 510 g/mol. The highest BCUT2D eigenvalue weighted by Crippen LogP contribution is 2.42. The summed E-state index contributed by atoms with van der Waals surface area (Å²) in [5.74, 6) is -2.76. The van der Waals surface area contributed by atoms with Crippen molar-refractivity contribution in [2.75, 3.05) is 39.4 Å². The molecule has 1 aromatic rings. The van der Waals surface area contributed by atoms with Gasteiger partial charge in [-0.1, -0.05) is 52.2 Å². The number of nitro benzene ring substituents is 1. The lowest BCUT2D eigenvalue weighted by Gasteiger charge is -2.41. The second-order valence-electron chi connectivity index (χ2n) is 10.6. The Morgan fingerprint density at radius 1 is 0.950 bits per heavy atom. The number of non-ortho nitro benzene ring substituents is 1. The lowest BCUT2D eigenvalue weighted by molar-refractivity contribution is -0.924. The summed E-state index contributed by atoms with van der Waals surface area (Å²) in [6.45, 7) is 15.6. The van der Waals surface area contributed by atoms with E-state index in [1.54, 1.807) is 32.9 Å². The number of benzene rings is 1. The van der Waals surface area contributed by atoms with Gasteiger partial charge in [0.15, 0.2) is 0 Å². The Morgan fingerprint density at radius 2 is 1.52 bits per heavy atom. The molecule has 0 amide bonds. The van der Waals surface area contributed by atoms with Crippen LogP contribution >= 0.6 is 0 Å². The Bertz CT molecular complexity index is 1060. The lowest BCUT2D eigenvalue weighted by Crippen LogP contribution is -2.52. The van der Waals surface area contributed by atoms with Gasteiger partial charge < -0.3 is 14.0 Å². The maximum absolute atomic E-state index is 13.7. The highest BCUT2D eigenvalue weighted by atomic mass is 16.6. The largest absolute Gasteiger partial charge is 0.465 e. The smallest absolute Gasteiger partial charge is 0.336 e. The molecule has 1 heterocycles. The molecule has 9 nitrogen and oxygen atoms in total. The number of esters is 2. The number of rotatable bonds is 17. The predicted molar refractivity (Wildman–Crippen MR) is 157 cm³/mol. The fraction of sp³-hybridized carbons (Fsp3) is 0.645. The van der Waals surface area contributed by atoms with E-state index in [0.29, 0.717) is 29.1 Å². The fourth-order valence-electron chi connectivity index (χ4n) is 5.60. The predicted octanol–water partition coefficient (Wildman–Crippen LogP) is 6.37. The van der Waals surface area contributed by atoms with E-state index < -0.39 is 28.7 Å². The first kappa shape index (κ1) is 33.1. The second-order valence-corrected chi connectivity index (χ2v) is 10.6. The monoisotopic (exact) mass is 558 g/mol. The molecule has 0 radical (unpaired) electrons. The molecule has 222 valence electrons. The summed E-state index contributed by atoms with van der Waals surface area (Å²) in [6.07, 6.45) is 6.34. The lowest BCUT2D eigenvalue weighted by atomic mass is 9.75. The molecule has 1 aliphatic heterocycles. The number of nitrogens with zero attached hydrogens (tertiary/aromatic N) is 3. The molecule has 40 heavy (non-hydrogen) atoms. The number of carbonyl (C=O) groups is 2. The summed E-state index contributed by atoms with van der Waals surface area (Å²) in [5.41, 5.74) is 1.84. The second kappa shape index (κ2) is 16.3. The first-order chi connectivity index (χ1) is 19.2. The zero-order valence-corrected chi connectivity index (χ0v) is 25.2. The number of ether oxygens (including phenoxy) is 2. The van der Waals surface area contributed by atoms with E-state index in [4.69, 9.17) is 14.5 Å². The van der Waals surface area contributed by atoms with Gasteiger partial charge in [-0.05, 0) is 45.6 Å². The van der Waals surface area contributed by atoms with Crippen LogP contribution in [0, 0.1) is 16.0 Å². The first-order valence-corrected chi connectivity index (χ1v) is 14.9. The van der Waals surface area contributed by atoms with Crippen LogP contribution < -0.4 is 0 Å². The molecule has 1 aliphatic rings. The Hall–Kier alpha value is -3.07. The molecule has 0 bridgehead atoms. The average molecular weight is 559 g/mol. The standard InChI is InChI=1S/C31H48N3O6/c1-7-12-18-34(19-13-8-2,20-14-9-3)22-26-29(31(36)40-11-5)28(24-16-15-17-25(21-24)33(37)38)27(23(6)32-26)30(35)39-10-4/h15-17,21,27-28H,7-14,18-20,22H2,1-6H3/q+1. The Labute approximate surface area is 239 Å². The highest BCUT2D eigenvalue weighted by Gasteiger charge is 2.45. The number of quaternary nitrogens is 1. The van der Waals surface area contributed by atoms with Crippen molar-refractivity contribution in [3.8, 4) is 0 Å². The van der Waals surface area contributed by atoms with Crippen molar-refractivity contribution < 1.29 is 28.5 Å². The van der Waals surface area contributed by atoms with Gasteiger partial charge in [0, 0.05) is 23.8 Å². The minimum absolute atomic E-state index is 0.107. The van der Waals surface area contributed by atoms with Crippen LogP contribution in [-0.4, -0.2) is 66.4 Å². The van der Waals surface area contributed by atoms with Crippen molar-refractivity contribution in [1.29, 1.82) is 0 Å². The number of hydrogen-bond acceptors (Lipinski definition) is 7. The van der Waals surface area contributed by atoms with E-state index >= 15 is 0 Å². The van der Waals surface area contributed by atoms with E-state index in [2.05, 4.69) is 20.8 Å². The van der Waals surface area contributed by atoms with Crippen molar-refractivity contribution in [3.05, 3.63) is 51.2 Å². The zero-order valence-electron chi connectivity index (χ0n) is 25.2. The van der Waals surface area contributed by atoms with Gasteiger partial charge in [-0.3, -0.25) is 19.9 Å². The van der Waals surface area contributed by atoms with Crippen molar-refractivity contribution in [2.45, 2.75) is 86.0 Å². The third-order valence-electron chi connectivity index (χ3n) is 7.64. The summed E-state index contributed by atoms with van der Waals surface area (Å²) in [7, 11) is 0. The van der Waals surface area contributed by atoms with Crippen molar-refractivity contribution in [1.82, 2.24) is 0 Å². The normalized spacial score (nSPS) is 17.4. The molecule has 0 saturated carbocycles. The Kier molecular flexibility index (Phi) is 13.5. The third kappa shape index (κ3) is 8.46. The topological polar surface area (TPSA) is 108 Å². The van der Waals surface area contributed by atoms with Gasteiger partial charge in [0.05, 0.1) is 43.3 Å². The van der Waals surface area contributed by atoms with Crippen LogP contribution in [0.1, 0.15) is 91.5 Å². The van der Waals surface area contributed by atoms with Gasteiger partial charge in [0.25, 0.3) is 5.69 Å². The van der Waals surface area contributed by atoms with E-state index in [0.717, 1.165) is 62.6 Å². The number of hydrogen-bond donors (Lipinski definition) is 0. The number of carbonyl (C=O) groups excluding carboxylic acids is 2. The summed E-state index contributed by atoms with van der Waals surface area (Å²) in [6, 6.07) is 6.17. The molecule has 0 fully saturated rings. The minimum Gasteiger partial charge on any atom is -0.465 e. The molecule has 0 saturated heterocycles. The van der Waals surface area contributed by atoms with Crippen molar-refractivity contribution in [2.24, 2.45) is 10.9 Å². The molecule has 0 aromatic heterocycles. The molecule has 0 spiro atoms. The van der Waals surface area contributed by atoms with Gasteiger partial charge in [0.2, 0.25) is 0 Å². The highest BCUT2D eigenvalue weighted by molar-refractivity contribution is 6.07. The quantitative estimate of drug-likeness (QED) is 0.0952. The van der Waals surface area contributed by atoms with Gasteiger partial charge in [0.1, 0.15) is 18.2 Å². The van der Waals surface area contributed by atoms with Crippen LogP contribution in [0.4, 0.5) is 5.69 Å². The molecule has 2 unspecified atom stereocenters. The summed E-state index contributed by atoms with van der Waals surface area (Å²) < 4.78 is 11.8. The Balaban J connectivity index is 2.85. The SMILES string of the molecule is CCCC[N+](CCCC)(CCCC)CC1=C(C(=O)OCC)C(c2cccc([N+](=O)[O-])c2)C(C(=O)OCC)C(C)=N1. The third-order valence-corrected chi connectivity index (χ3v) is 7.64.